The summed E-state index contributed by atoms with van der Waals surface area (Å²) in [6.07, 6.45) is 1.19. The fourth-order valence-electron chi connectivity index (χ4n) is 5.03. The van der Waals surface area contributed by atoms with E-state index in [0.717, 1.165) is 30.2 Å². The van der Waals surface area contributed by atoms with Gasteiger partial charge in [-0.3, -0.25) is 0 Å². The van der Waals surface area contributed by atoms with E-state index in [2.05, 4.69) is 45.8 Å². The minimum Gasteiger partial charge on any atom is -0.494 e. The molecule has 4 rings (SSSR count). The van der Waals surface area contributed by atoms with E-state index in [9.17, 15) is 4.79 Å². The molecule has 1 aromatic carbocycles. The molecule has 0 unspecified atom stereocenters. The van der Waals surface area contributed by atoms with E-state index in [1.54, 1.807) is 7.11 Å². The Hall–Kier alpha value is -4.56. The Morgan fingerprint density at radius 3 is 2.51 bits per heavy atom. The van der Waals surface area contributed by atoms with Gasteiger partial charge in [-0.15, -0.1) is 0 Å². The molecule has 3 aromatic rings. The fraction of sp³-hybridized carbons (Fsp3) is 0.471. The van der Waals surface area contributed by atoms with Crippen LogP contribution in [0.15, 0.2) is 30.5 Å². The summed E-state index contributed by atoms with van der Waals surface area (Å²) < 4.78 is 11.3. The molecule has 0 aliphatic carbocycles. The number of nitrogens with zero attached hydrogens (tertiary/aromatic N) is 6. The predicted molar refractivity (Wildman–Crippen MR) is 181 cm³/mol. The van der Waals surface area contributed by atoms with Crippen molar-refractivity contribution in [2.75, 3.05) is 68.7 Å². The van der Waals surface area contributed by atoms with Crippen molar-refractivity contribution in [2.45, 2.75) is 53.1 Å². The summed E-state index contributed by atoms with van der Waals surface area (Å²) in [7, 11) is 7.67. The van der Waals surface area contributed by atoms with E-state index in [1.807, 2.05) is 78.0 Å². The number of anilines is 6. The monoisotopic (exact) mass is 614 g/mol. The fourth-order valence-corrected chi connectivity index (χ4v) is 5.03. The Balaban J connectivity index is 1.76. The average Bonchev–Trinajstić information content (AvgIpc) is 3.24. The number of hydrogen-bond acceptors (Lipinski definition) is 11. The number of likely N-dealkylation sites (N-methyl/N-ethyl adjacent to an activating group) is 2. The number of hydrogen-bond donors (Lipinski definition) is 2. The van der Waals surface area contributed by atoms with Gasteiger partial charge in [-0.1, -0.05) is 33.6 Å². The summed E-state index contributed by atoms with van der Waals surface area (Å²) in [4.78, 5) is 33.8. The Morgan fingerprint density at radius 2 is 1.87 bits per heavy atom. The highest BCUT2D eigenvalue weighted by molar-refractivity contribution is 5.96. The van der Waals surface area contributed by atoms with Crippen molar-refractivity contribution in [1.29, 1.82) is 0 Å². The minimum absolute atomic E-state index is 0.236. The number of rotatable bonds is 10. The first-order valence-electron chi connectivity index (χ1n) is 15.2. The minimum atomic E-state index is -0.503. The number of methoxy groups -OCH3 is 1. The van der Waals surface area contributed by atoms with Crippen molar-refractivity contribution in [2.24, 2.45) is 5.92 Å². The van der Waals surface area contributed by atoms with E-state index in [4.69, 9.17) is 25.2 Å². The average molecular weight is 615 g/mol. The zero-order valence-electron chi connectivity index (χ0n) is 28.1. The first-order chi connectivity index (χ1) is 21.2. The molecule has 11 nitrogen and oxygen atoms in total. The Kier molecular flexibility index (Phi) is 10.1. The normalized spacial score (nSPS) is 13.5. The summed E-state index contributed by atoms with van der Waals surface area (Å²) in [5.41, 5.74) is 10.9. The maximum atomic E-state index is 13.3. The first kappa shape index (κ1) is 33.3. The van der Waals surface area contributed by atoms with Crippen molar-refractivity contribution >= 4 is 40.5 Å². The van der Waals surface area contributed by atoms with Gasteiger partial charge in [0.05, 0.1) is 41.7 Å². The van der Waals surface area contributed by atoms with Crippen LogP contribution in [-0.2, 0) is 10.2 Å². The molecule has 0 bridgehead atoms. The van der Waals surface area contributed by atoms with Gasteiger partial charge in [0, 0.05) is 50.3 Å². The lowest BCUT2D eigenvalue weighted by Gasteiger charge is -2.25. The van der Waals surface area contributed by atoms with Crippen molar-refractivity contribution in [1.82, 2.24) is 19.9 Å². The molecule has 1 aliphatic rings. The molecular formula is C34H46N8O3. The maximum Gasteiger partial charge on any atom is 0.343 e. The summed E-state index contributed by atoms with van der Waals surface area (Å²) >= 11 is 0. The third-order valence-electron chi connectivity index (χ3n) is 7.32. The number of nitrogens with two attached hydrogens (primary N) is 1. The van der Waals surface area contributed by atoms with Crippen LogP contribution >= 0.6 is 0 Å². The highest BCUT2D eigenvalue weighted by Gasteiger charge is 2.40. The van der Waals surface area contributed by atoms with Crippen LogP contribution in [0.2, 0.25) is 0 Å². The van der Waals surface area contributed by atoms with E-state index in [-0.39, 0.29) is 28.9 Å². The van der Waals surface area contributed by atoms with Gasteiger partial charge < -0.3 is 35.2 Å². The van der Waals surface area contributed by atoms with Crippen LogP contribution in [0.3, 0.4) is 0 Å². The van der Waals surface area contributed by atoms with Crippen molar-refractivity contribution < 1.29 is 14.3 Å². The van der Waals surface area contributed by atoms with E-state index >= 15 is 0 Å². The van der Waals surface area contributed by atoms with E-state index < -0.39 is 5.97 Å². The molecule has 45 heavy (non-hydrogen) atoms. The molecule has 0 saturated heterocycles. The number of aromatic nitrogens is 3. The number of fused-ring (bicyclic) bond motifs is 1. The Morgan fingerprint density at radius 1 is 1.13 bits per heavy atom. The number of benzene rings is 1. The van der Waals surface area contributed by atoms with Gasteiger partial charge in [0.2, 0.25) is 5.95 Å². The zero-order chi connectivity index (χ0) is 33.1. The smallest absolute Gasteiger partial charge is 0.343 e. The molecule has 1 aliphatic heterocycles. The van der Waals surface area contributed by atoms with Gasteiger partial charge in [-0.25, -0.2) is 14.8 Å². The quantitative estimate of drug-likeness (QED) is 0.178. The lowest BCUT2D eigenvalue weighted by Crippen LogP contribution is -2.29. The molecular weight excluding hydrogens is 568 g/mol. The molecule has 3 N–H and O–H groups in total. The standard InChI is InChI=1S/C34H46N8O3/c1-21(2)11-12-23-13-14-27-30(37-23)34(5,6)20-42(27)31-24(32(43)45-22(3)4)19-36-33(39-31)38-26-17-25(35)28(18-29(26)44-10)41(9)16-15-40(7)8/h13-14,17-19,21-22H,15-16,20,35H2,1-10H3,(H,36,38,39). The van der Waals surface area contributed by atoms with Crippen molar-refractivity contribution in [3.8, 4) is 17.6 Å². The topological polar surface area (TPSA) is 122 Å². The lowest BCUT2D eigenvalue weighted by molar-refractivity contribution is 0.0378. The number of carbonyl (C=O) groups is 1. The van der Waals surface area contributed by atoms with Crippen LogP contribution in [-0.4, -0.2) is 79.8 Å². The van der Waals surface area contributed by atoms with E-state index in [0.29, 0.717) is 35.2 Å². The van der Waals surface area contributed by atoms with Crippen LogP contribution < -0.4 is 25.6 Å². The number of carbonyl (C=O) groups excluding carboxylic acids is 1. The molecule has 0 fully saturated rings. The van der Waals surface area contributed by atoms with Crippen molar-refractivity contribution in [3.63, 3.8) is 0 Å². The van der Waals surface area contributed by atoms with Gasteiger partial charge in [0.25, 0.3) is 0 Å². The van der Waals surface area contributed by atoms with Crippen LogP contribution in [0, 0.1) is 17.8 Å². The molecule has 2 aromatic heterocycles. The second kappa shape index (κ2) is 13.6. The SMILES string of the molecule is COc1cc(N(C)CCN(C)C)c(N)cc1Nc1ncc(C(=O)OC(C)C)c(N2CC(C)(C)c3nc(C#CC(C)C)ccc32)n1. The molecule has 3 heterocycles. The largest absolute Gasteiger partial charge is 0.494 e. The van der Waals surface area contributed by atoms with Crippen LogP contribution in [0.4, 0.5) is 34.5 Å². The third kappa shape index (κ3) is 7.75. The third-order valence-corrected chi connectivity index (χ3v) is 7.32. The van der Waals surface area contributed by atoms with Gasteiger partial charge in [-0.2, -0.15) is 4.98 Å². The Labute approximate surface area is 267 Å². The highest BCUT2D eigenvalue weighted by Crippen LogP contribution is 2.44. The van der Waals surface area contributed by atoms with E-state index in [1.165, 1.54) is 6.20 Å². The van der Waals surface area contributed by atoms with Gasteiger partial charge in [-0.05, 0) is 52.1 Å². The van der Waals surface area contributed by atoms with Gasteiger partial charge in [0.1, 0.15) is 17.0 Å². The van der Waals surface area contributed by atoms with Crippen LogP contribution in [0.5, 0.6) is 5.75 Å². The summed E-state index contributed by atoms with van der Waals surface area (Å²) in [6.45, 7) is 14.2. The second-order valence-corrected chi connectivity index (χ2v) is 12.8. The Bertz CT molecular complexity index is 1610. The number of ether oxygens (including phenoxy) is 2. The van der Waals surface area contributed by atoms with Crippen molar-refractivity contribution in [3.05, 3.63) is 47.4 Å². The summed E-state index contributed by atoms with van der Waals surface area (Å²) in [5.74, 6) is 7.37. The maximum absolute atomic E-state index is 13.3. The molecule has 0 saturated carbocycles. The number of pyridine rings is 1. The first-order valence-corrected chi connectivity index (χ1v) is 15.2. The molecule has 0 amide bonds. The molecule has 240 valence electrons. The number of esters is 1. The number of nitrogens with one attached hydrogen (secondary N) is 1. The number of nitrogen functional groups attached to an aromatic ring is 1. The highest BCUT2D eigenvalue weighted by atomic mass is 16.5. The summed E-state index contributed by atoms with van der Waals surface area (Å²) in [5, 5.41) is 3.27. The summed E-state index contributed by atoms with van der Waals surface area (Å²) in [6, 6.07) is 7.60. The molecule has 0 atom stereocenters. The molecule has 11 heteroatoms. The zero-order valence-corrected chi connectivity index (χ0v) is 28.1. The second-order valence-electron chi connectivity index (χ2n) is 12.8. The predicted octanol–water partition coefficient (Wildman–Crippen LogP) is 5.21. The lowest BCUT2D eigenvalue weighted by atomic mass is 9.91. The molecule has 0 spiro atoms. The van der Waals surface area contributed by atoms with Crippen LogP contribution in [0.25, 0.3) is 0 Å². The van der Waals surface area contributed by atoms with Crippen LogP contribution in [0.1, 0.15) is 63.3 Å². The van der Waals surface area contributed by atoms with Gasteiger partial charge >= 0.3 is 5.97 Å². The van der Waals surface area contributed by atoms with Gasteiger partial charge in [0.15, 0.2) is 5.82 Å². The molecule has 0 radical (unpaired) electrons.